The van der Waals surface area contributed by atoms with Crippen molar-refractivity contribution in [3.63, 3.8) is 0 Å². The lowest BCUT2D eigenvalue weighted by Crippen LogP contribution is -2.21. The average Bonchev–Trinajstić information content (AvgIpc) is 3.03. The fraction of sp³-hybridized carbons (Fsp3) is 0.750. The third kappa shape index (κ3) is 12.4. The molecule has 0 radical (unpaired) electrons. The van der Waals surface area contributed by atoms with Crippen molar-refractivity contribution in [3.8, 4) is 0 Å². The summed E-state index contributed by atoms with van der Waals surface area (Å²) in [7, 11) is 0. The molecule has 0 aliphatic heterocycles. The van der Waals surface area contributed by atoms with Gasteiger partial charge in [0.1, 0.15) is 0 Å². The minimum atomic E-state index is -0.932. The molecule has 0 unspecified atom stereocenters. The first-order valence-corrected chi connectivity index (χ1v) is 9.96. The van der Waals surface area contributed by atoms with Crippen LogP contribution in [0, 0.1) is 0 Å². The molecule has 5 nitrogen and oxygen atoms in total. The van der Waals surface area contributed by atoms with Crippen molar-refractivity contribution in [3.05, 3.63) is 24.0 Å². The first-order chi connectivity index (χ1) is 12.2. The number of carboxylic acid groups (broad SMARTS) is 1. The molecule has 1 heterocycles. The van der Waals surface area contributed by atoms with Gasteiger partial charge < -0.3 is 9.90 Å². The van der Waals surface area contributed by atoms with Gasteiger partial charge in [-0.25, -0.2) is 0 Å². The first kappa shape index (κ1) is 21.4. The summed E-state index contributed by atoms with van der Waals surface area (Å²) < 4.78 is 1.97. The molecule has 5 heteroatoms. The molecule has 0 N–H and O–H groups in total. The van der Waals surface area contributed by atoms with Crippen LogP contribution in [0.1, 0.15) is 89.7 Å². The largest absolute Gasteiger partial charge is 0.550 e. The molecule has 0 spiro atoms. The van der Waals surface area contributed by atoms with E-state index in [9.17, 15) is 9.90 Å². The van der Waals surface area contributed by atoms with Gasteiger partial charge in [-0.1, -0.05) is 50.0 Å². The van der Waals surface area contributed by atoms with Crippen LogP contribution in [0.3, 0.4) is 0 Å². The average molecular weight is 349 g/mol. The summed E-state index contributed by atoms with van der Waals surface area (Å²) >= 11 is 0. The van der Waals surface area contributed by atoms with Crippen LogP contribution in [-0.2, 0) is 17.8 Å². The first-order valence-electron chi connectivity index (χ1n) is 9.96. The molecule has 0 aromatic carbocycles. The van der Waals surface area contributed by atoms with Gasteiger partial charge in [0.2, 0.25) is 0 Å². The van der Waals surface area contributed by atoms with Gasteiger partial charge in [-0.3, -0.25) is 4.68 Å². The van der Waals surface area contributed by atoms with Crippen LogP contribution in [0.2, 0.25) is 0 Å². The summed E-state index contributed by atoms with van der Waals surface area (Å²) in [5, 5.41) is 18.7. The van der Waals surface area contributed by atoms with Crippen LogP contribution >= 0.6 is 0 Å². The van der Waals surface area contributed by atoms with Crippen LogP contribution < -0.4 is 5.11 Å². The molecule has 0 fully saturated rings. The topological polar surface area (TPSA) is 70.8 Å². The van der Waals surface area contributed by atoms with Crippen molar-refractivity contribution in [1.29, 1.82) is 0 Å². The minimum Gasteiger partial charge on any atom is -0.550 e. The molecule has 0 saturated carbocycles. The van der Waals surface area contributed by atoms with Crippen molar-refractivity contribution in [2.24, 2.45) is 0 Å². The van der Waals surface area contributed by atoms with E-state index in [1.807, 2.05) is 4.68 Å². The lowest BCUT2D eigenvalue weighted by molar-refractivity contribution is -0.305. The second-order valence-electron chi connectivity index (χ2n) is 6.72. The maximum absolute atomic E-state index is 10.3. The Morgan fingerprint density at radius 1 is 1.04 bits per heavy atom. The molecule has 1 aromatic heterocycles. The van der Waals surface area contributed by atoms with E-state index in [-0.39, 0.29) is 6.42 Å². The number of aryl methyl sites for hydroxylation is 2. The number of aliphatic carboxylic acids is 1. The number of allylic oxidation sites excluding steroid dienone is 2. The predicted molar refractivity (Wildman–Crippen MR) is 99.0 cm³/mol. The Balaban J connectivity index is 1.93. The van der Waals surface area contributed by atoms with Gasteiger partial charge in [-0.2, -0.15) is 0 Å². The lowest BCUT2D eigenvalue weighted by atomic mass is 10.1. The van der Waals surface area contributed by atoms with E-state index in [2.05, 4.69) is 35.6 Å². The molecule has 0 aliphatic rings. The molecular weight excluding hydrogens is 314 g/mol. The second-order valence-corrected chi connectivity index (χ2v) is 6.72. The predicted octanol–water partition coefficient (Wildman–Crippen LogP) is 3.83. The van der Waals surface area contributed by atoms with Crippen LogP contribution in [0.25, 0.3) is 0 Å². The summed E-state index contributed by atoms with van der Waals surface area (Å²) in [6.07, 6.45) is 20.0. The lowest BCUT2D eigenvalue weighted by Gasteiger charge is -2.01. The molecule has 0 amide bonds. The number of carbonyl (C=O) groups is 1. The summed E-state index contributed by atoms with van der Waals surface area (Å²) in [5.41, 5.74) is 1.12. The number of nitrogens with zero attached hydrogens (tertiary/aromatic N) is 3. The Morgan fingerprint density at radius 2 is 1.76 bits per heavy atom. The molecular formula is C20H34N3O2-. The zero-order valence-electron chi connectivity index (χ0n) is 15.8. The van der Waals surface area contributed by atoms with Crippen LogP contribution in [0.4, 0.5) is 0 Å². The van der Waals surface area contributed by atoms with Crippen molar-refractivity contribution < 1.29 is 9.90 Å². The number of carboxylic acids is 1. The van der Waals surface area contributed by atoms with Gasteiger partial charge in [0.25, 0.3) is 0 Å². The Kier molecular flexibility index (Phi) is 12.6. The van der Waals surface area contributed by atoms with Gasteiger partial charge in [0.05, 0.1) is 5.69 Å². The minimum absolute atomic E-state index is 0.196. The van der Waals surface area contributed by atoms with Crippen LogP contribution in [0.5, 0.6) is 0 Å². The zero-order valence-corrected chi connectivity index (χ0v) is 15.8. The molecule has 1 rings (SSSR count). The van der Waals surface area contributed by atoms with Crippen molar-refractivity contribution in [2.45, 2.75) is 96.9 Å². The molecule has 1 aromatic rings. The smallest absolute Gasteiger partial charge is 0.0827 e. The number of aromatic nitrogens is 3. The molecule has 0 aliphatic carbocycles. The number of carbonyl (C=O) groups excluding carboxylic acids is 1. The van der Waals surface area contributed by atoms with E-state index in [0.29, 0.717) is 0 Å². The van der Waals surface area contributed by atoms with Crippen LogP contribution in [-0.4, -0.2) is 21.0 Å². The van der Waals surface area contributed by atoms with E-state index in [4.69, 9.17) is 0 Å². The molecule has 25 heavy (non-hydrogen) atoms. The highest BCUT2D eigenvalue weighted by Gasteiger charge is 2.00. The highest BCUT2D eigenvalue weighted by molar-refractivity contribution is 5.63. The van der Waals surface area contributed by atoms with Crippen molar-refractivity contribution in [1.82, 2.24) is 15.0 Å². The molecule has 0 atom stereocenters. The van der Waals surface area contributed by atoms with E-state index >= 15 is 0 Å². The third-order valence-corrected chi connectivity index (χ3v) is 4.30. The van der Waals surface area contributed by atoms with Gasteiger partial charge in [-0.05, 0) is 57.8 Å². The number of hydrogen-bond donors (Lipinski definition) is 0. The summed E-state index contributed by atoms with van der Waals surface area (Å²) in [6.45, 7) is 3.17. The molecule has 0 saturated heterocycles. The number of hydrogen-bond acceptors (Lipinski definition) is 4. The van der Waals surface area contributed by atoms with Gasteiger partial charge in [0, 0.05) is 18.7 Å². The third-order valence-electron chi connectivity index (χ3n) is 4.30. The maximum Gasteiger partial charge on any atom is 0.0827 e. The fourth-order valence-corrected chi connectivity index (χ4v) is 2.78. The van der Waals surface area contributed by atoms with Crippen LogP contribution in [0.15, 0.2) is 18.3 Å². The number of rotatable bonds is 16. The molecule has 142 valence electrons. The highest BCUT2D eigenvalue weighted by atomic mass is 16.4. The quantitative estimate of drug-likeness (QED) is 0.336. The fourth-order valence-electron chi connectivity index (χ4n) is 2.78. The summed E-state index contributed by atoms with van der Waals surface area (Å²) in [4.78, 5) is 10.3. The normalized spacial score (nSPS) is 11.4. The maximum atomic E-state index is 10.3. The Labute approximate surface area is 152 Å². The van der Waals surface area contributed by atoms with Gasteiger partial charge >= 0.3 is 0 Å². The Morgan fingerprint density at radius 3 is 2.48 bits per heavy atom. The van der Waals surface area contributed by atoms with E-state index in [1.165, 1.54) is 25.7 Å². The monoisotopic (exact) mass is 348 g/mol. The highest BCUT2D eigenvalue weighted by Crippen LogP contribution is 2.07. The van der Waals surface area contributed by atoms with E-state index in [1.54, 1.807) is 0 Å². The summed E-state index contributed by atoms with van der Waals surface area (Å²) in [5.74, 6) is -0.932. The zero-order chi connectivity index (χ0) is 18.2. The van der Waals surface area contributed by atoms with E-state index < -0.39 is 5.97 Å². The molecule has 0 bridgehead atoms. The SMILES string of the molecule is CCCCCc1cn(CCCC/C=C\CCCCCCC(=O)[O-])nn1. The van der Waals surface area contributed by atoms with Crippen molar-refractivity contribution >= 4 is 5.97 Å². The Bertz CT molecular complexity index is 483. The second kappa shape index (κ2) is 14.7. The van der Waals surface area contributed by atoms with Gasteiger partial charge in [0.15, 0.2) is 0 Å². The Hall–Kier alpha value is -1.65. The van der Waals surface area contributed by atoms with Crippen molar-refractivity contribution in [2.75, 3.05) is 0 Å². The van der Waals surface area contributed by atoms with E-state index in [0.717, 1.165) is 63.6 Å². The standard InChI is InChI=1S/C20H35N3O2/c1-2-3-12-15-19-18-23(22-21-19)17-14-11-9-7-5-4-6-8-10-13-16-20(24)25/h5,7,18H,2-4,6,8-17H2,1H3,(H,24,25)/p-1/b7-5-. The van der Waals surface area contributed by atoms with Gasteiger partial charge in [-0.15, -0.1) is 5.10 Å². The summed E-state index contributed by atoms with van der Waals surface area (Å²) in [6, 6.07) is 0. The number of unbranched alkanes of at least 4 members (excludes halogenated alkanes) is 8.